The Kier molecular flexibility index (Phi) is 7.83. The molecule has 0 unspecified atom stereocenters. The maximum atomic E-state index is 12.5. The minimum Gasteiger partial charge on any atom is -0.272 e. The second-order valence-electron chi connectivity index (χ2n) is 7.92. The molecule has 0 radical (unpaired) electrons. The Balaban J connectivity index is 1.24. The SMILES string of the molecule is O=C(CSc1nnc(-c2ccncc2)n1-c1ccc(Br)cc1)N/N=C\c1ccc(-c2ccccc2)cc1. The summed E-state index contributed by atoms with van der Waals surface area (Å²) in [5.74, 6) is 0.567. The largest absolute Gasteiger partial charge is 0.272 e. The molecular formula is C28H21BrN6OS. The van der Waals surface area contributed by atoms with Crippen LogP contribution >= 0.6 is 27.7 Å². The van der Waals surface area contributed by atoms with Crippen molar-refractivity contribution in [2.24, 2.45) is 5.10 Å². The van der Waals surface area contributed by atoms with Gasteiger partial charge < -0.3 is 0 Å². The van der Waals surface area contributed by atoms with Crippen LogP contribution in [0, 0.1) is 0 Å². The van der Waals surface area contributed by atoms with E-state index < -0.39 is 0 Å². The number of amides is 1. The number of carbonyl (C=O) groups is 1. The summed E-state index contributed by atoms with van der Waals surface area (Å²) in [6.07, 6.45) is 5.05. The van der Waals surface area contributed by atoms with E-state index in [1.807, 2.05) is 83.4 Å². The van der Waals surface area contributed by atoms with Crippen LogP contribution < -0.4 is 5.43 Å². The molecule has 2 heterocycles. The molecule has 37 heavy (non-hydrogen) atoms. The molecule has 182 valence electrons. The molecule has 5 rings (SSSR count). The van der Waals surface area contributed by atoms with Crippen LogP contribution in [-0.2, 0) is 4.79 Å². The first-order valence-electron chi connectivity index (χ1n) is 11.4. The molecule has 0 fully saturated rings. The second-order valence-corrected chi connectivity index (χ2v) is 9.78. The van der Waals surface area contributed by atoms with E-state index in [9.17, 15) is 4.79 Å². The van der Waals surface area contributed by atoms with Gasteiger partial charge in [0.2, 0.25) is 0 Å². The summed E-state index contributed by atoms with van der Waals surface area (Å²) >= 11 is 4.77. The molecule has 0 atom stereocenters. The number of hydrazone groups is 1. The first-order chi connectivity index (χ1) is 18.2. The van der Waals surface area contributed by atoms with Gasteiger partial charge in [-0.2, -0.15) is 5.10 Å². The lowest BCUT2D eigenvalue weighted by Gasteiger charge is -2.10. The van der Waals surface area contributed by atoms with Crippen LogP contribution in [0.25, 0.3) is 28.2 Å². The number of hydrogen-bond donors (Lipinski definition) is 1. The van der Waals surface area contributed by atoms with Crippen molar-refractivity contribution in [2.75, 3.05) is 5.75 Å². The topological polar surface area (TPSA) is 85.1 Å². The van der Waals surface area contributed by atoms with Gasteiger partial charge in [0.05, 0.1) is 12.0 Å². The van der Waals surface area contributed by atoms with Gasteiger partial charge in [0.25, 0.3) is 5.91 Å². The molecule has 9 heteroatoms. The third-order valence-electron chi connectivity index (χ3n) is 5.41. The van der Waals surface area contributed by atoms with Crippen molar-refractivity contribution in [1.82, 2.24) is 25.2 Å². The summed E-state index contributed by atoms with van der Waals surface area (Å²) in [5, 5.41) is 13.4. The quantitative estimate of drug-likeness (QED) is 0.141. The number of carbonyl (C=O) groups excluding carboxylic acids is 1. The van der Waals surface area contributed by atoms with Gasteiger partial charge in [-0.1, -0.05) is 82.3 Å². The highest BCUT2D eigenvalue weighted by Gasteiger charge is 2.17. The Morgan fingerprint density at radius 1 is 0.865 bits per heavy atom. The molecule has 7 nitrogen and oxygen atoms in total. The van der Waals surface area contributed by atoms with E-state index in [1.54, 1.807) is 18.6 Å². The second kappa shape index (κ2) is 11.8. The number of aromatic nitrogens is 4. The fraction of sp³-hybridized carbons (Fsp3) is 0.0357. The van der Waals surface area contributed by atoms with E-state index in [0.717, 1.165) is 32.4 Å². The van der Waals surface area contributed by atoms with E-state index in [4.69, 9.17) is 0 Å². The molecule has 3 aromatic carbocycles. The minimum absolute atomic E-state index is 0.134. The van der Waals surface area contributed by atoms with Gasteiger partial charge in [-0.25, -0.2) is 5.43 Å². The number of halogens is 1. The number of hydrogen-bond acceptors (Lipinski definition) is 6. The van der Waals surface area contributed by atoms with Crippen molar-refractivity contribution in [3.8, 4) is 28.2 Å². The number of thioether (sulfide) groups is 1. The predicted octanol–water partition coefficient (Wildman–Crippen LogP) is 6.00. The predicted molar refractivity (Wildman–Crippen MR) is 151 cm³/mol. The summed E-state index contributed by atoms with van der Waals surface area (Å²) in [7, 11) is 0. The lowest BCUT2D eigenvalue weighted by molar-refractivity contribution is -0.118. The fourth-order valence-electron chi connectivity index (χ4n) is 3.61. The molecule has 0 aliphatic rings. The number of nitrogens with one attached hydrogen (secondary N) is 1. The number of benzene rings is 3. The lowest BCUT2D eigenvalue weighted by atomic mass is 10.0. The van der Waals surface area contributed by atoms with E-state index >= 15 is 0 Å². The molecule has 0 aliphatic carbocycles. The zero-order valence-corrected chi connectivity index (χ0v) is 21.9. The van der Waals surface area contributed by atoms with Gasteiger partial charge in [-0.3, -0.25) is 14.3 Å². The van der Waals surface area contributed by atoms with Gasteiger partial charge in [-0.15, -0.1) is 10.2 Å². The Morgan fingerprint density at radius 3 is 2.30 bits per heavy atom. The third-order valence-corrected chi connectivity index (χ3v) is 6.87. The van der Waals surface area contributed by atoms with Crippen molar-refractivity contribution in [2.45, 2.75) is 5.16 Å². The van der Waals surface area contributed by atoms with Crippen molar-refractivity contribution in [3.63, 3.8) is 0 Å². The maximum Gasteiger partial charge on any atom is 0.250 e. The molecule has 0 bridgehead atoms. The van der Waals surface area contributed by atoms with Gasteiger partial charge in [0.1, 0.15) is 0 Å². The Hall–Kier alpha value is -4.08. The Labute approximate surface area is 226 Å². The average molecular weight is 569 g/mol. The van der Waals surface area contributed by atoms with Crippen LogP contribution in [-0.4, -0.2) is 37.6 Å². The summed E-state index contributed by atoms with van der Waals surface area (Å²) < 4.78 is 2.90. The lowest BCUT2D eigenvalue weighted by Crippen LogP contribution is -2.20. The Bertz CT molecular complexity index is 1500. The molecule has 2 aromatic heterocycles. The molecule has 5 aromatic rings. The molecule has 0 saturated heterocycles. The van der Waals surface area contributed by atoms with E-state index in [0.29, 0.717) is 11.0 Å². The standard InChI is InChI=1S/C28H21BrN6OS/c29-24-10-12-25(13-11-24)35-27(23-14-16-30-17-15-23)33-34-28(35)37-19-26(36)32-31-18-20-6-8-22(9-7-20)21-4-2-1-3-5-21/h1-18H,19H2,(H,32,36)/b31-18-. The van der Waals surface area contributed by atoms with E-state index in [-0.39, 0.29) is 11.7 Å². The zero-order valence-electron chi connectivity index (χ0n) is 19.5. The summed E-state index contributed by atoms with van der Waals surface area (Å²) in [4.78, 5) is 16.6. The smallest absolute Gasteiger partial charge is 0.250 e. The first-order valence-corrected chi connectivity index (χ1v) is 13.2. The molecule has 1 amide bonds. The highest BCUT2D eigenvalue weighted by atomic mass is 79.9. The van der Waals surface area contributed by atoms with Gasteiger partial charge >= 0.3 is 0 Å². The van der Waals surface area contributed by atoms with Crippen LogP contribution in [0.1, 0.15) is 5.56 Å². The van der Waals surface area contributed by atoms with Crippen LogP contribution in [0.15, 0.2) is 118 Å². The number of pyridine rings is 1. The molecule has 1 N–H and O–H groups in total. The zero-order chi connectivity index (χ0) is 25.5. The molecule has 0 spiro atoms. The van der Waals surface area contributed by atoms with Crippen molar-refractivity contribution in [1.29, 1.82) is 0 Å². The summed E-state index contributed by atoms with van der Waals surface area (Å²) in [6, 6.07) is 29.7. The highest BCUT2D eigenvalue weighted by Crippen LogP contribution is 2.28. The van der Waals surface area contributed by atoms with Crippen molar-refractivity contribution < 1.29 is 4.79 Å². The van der Waals surface area contributed by atoms with Crippen LogP contribution in [0.5, 0.6) is 0 Å². The monoisotopic (exact) mass is 568 g/mol. The summed E-state index contributed by atoms with van der Waals surface area (Å²) in [5.41, 5.74) is 7.53. The minimum atomic E-state index is -0.238. The van der Waals surface area contributed by atoms with E-state index in [2.05, 4.69) is 53.8 Å². The molecule has 0 saturated carbocycles. The van der Waals surface area contributed by atoms with Crippen molar-refractivity contribution >= 4 is 39.8 Å². The fourth-order valence-corrected chi connectivity index (χ4v) is 4.62. The van der Waals surface area contributed by atoms with Gasteiger partial charge in [0, 0.05) is 28.1 Å². The normalized spacial score (nSPS) is 11.1. The number of nitrogens with zero attached hydrogens (tertiary/aromatic N) is 5. The van der Waals surface area contributed by atoms with Crippen LogP contribution in [0.2, 0.25) is 0 Å². The highest BCUT2D eigenvalue weighted by molar-refractivity contribution is 9.10. The number of rotatable bonds is 8. The molecular weight excluding hydrogens is 548 g/mol. The maximum absolute atomic E-state index is 12.5. The molecule has 0 aliphatic heterocycles. The average Bonchev–Trinajstić information content (AvgIpc) is 3.38. The Morgan fingerprint density at radius 2 is 1.57 bits per heavy atom. The van der Waals surface area contributed by atoms with E-state index in [1.165, 1.54) is 11.8 Å². The van der Waals surface area contributed by atoms with Gasteiger partial charge in [-0.05, 0) is 53.1 Å². The van der Waals surface area contributed by atoms with Crippen molar-refractivity contribution in [3.05, 3.63) is 113 Å². The van der Waals surface area contributed by atoms with Crippen LogP contribution in [0.3, 0.4) is 0 Å². The van der Waals surface area contributed by atoms with Gasteiger partial charge in [0.15, 0.2) is 11.0 Å². The summed E-state index contributed by atoms with van der Waals surface area (Å²) in [6.45, 7) is 0. The third kappa shape index (κ3) is 6.19. The first kappa shape index (κ1) is 24.6. The van der Waals surface area contributed by atoms with Crippen LogP contribution in [0.4, 0.5) is 0 Å².